The maximum atomic E-state index is 9.54. The Kier molecular flexibility index (Phi) is 6.47. The predicted octanol–water partition coefficient (Wildman–Crippen LogP) is -1.29. The van der Waals surface area contributed by atoms with E-state index in [1.54, 1.807) is 0 Å². The zero-order valence-electron chi connectivity index (χ0n) is 2.87. The van der Waals surface area contributed by atoms with Crippen LogP contribution in [0.2, 0.25) is 0 Å². The molecule has 0 atom stereocenters. The minimum atomic E-state index is -4.34. The third kappa shape index (κ3) is 4.80. The quantitative estimate of drug-likeness (QED) is 0.324. The first kappa shape index (κ1) is 11.4. The molecule has 0 bridgehead atoms. The van der Waals surface area contributed by atoms with Gasteiger partial charge in [0.05, 0.1) is 11.9 Å². The molecule has 0 aliphatic carbocycles. The Morgan fingerprint density at radius 3 is 1.88 bits per heavy atom. The van der Waals surface area contributed by atoms with E-state index < -0.39 is 10.4 Å². The molecule has 0 aliphatic rings. The molecule has 0 amide bonds. The third-order valence-corrected chi connectivity index (χ3v) is 0.968. The normalized spacial score (nSPS) is 10.2. The highest BCUT2D eigenvalue weighted by Crippen LogP contribution is 1.93. The molecule has 0 rings (SSSR count). The lowest BCUT2D eigenvalue weighted by molar-refractivity contribution is -0.138. The van der Waals surface area contributed by atoms with E-state index in [4.69, 9.17) is 5.26 Å². The molecule has 0 radical (unpaired) electrons. The van der Waals surface area contributed by atoms with Crippen LogP contribution >= 0.6 is 11.9 Å². The molecule has 0 spiro atoms. The molecule has 1 N–H and O–H groups in total. The van der Waals surface area contributed by atoms with Crippen LogP contribution in [0.5, 0.6) is 0 Å². The molecule has 5 nitrogen and oxygen atoms in total. The van der Waals surface area contributed by atoms with Gasteiger partial charge < -0.3 is 0 Å². The van der Waals surface area contributed by atoms with E-state index >= 15 is 0 Å². The highest BCUT2D eigenvalue weighted by Gasteiger charge is 2.07. The summed E-state index contributed by atoms with van der Waals surface area (Å²) in [7, 11) is -4.34. The van der Waals surface area contributed by atoms with Crippen molar-refractivity contribution in [3.63, 3.8) is 0 Å². The van der Waals surface area contributed by atoms with Crippen LogP contribution in [0.15, 0.2) is 0 Å². The van der Waals surface area contributed by atoms with Crippen molar-refractivity contribution in [3.8, 4) is 0 Å². The second-order valence-electron chi connectivity index (χ2n) is 0.546. The minimum Gasteiger partial charge on any atom is -0.233 e. The van der Waals surface area contributed by atoms with Crippen molar-refractivity contribution < 1.29 is 21.7 Å². The Hall–Kier alpha value is 0.652. The Morgan fingerprint density at radius 2 is 1.88 bits per heavy atom. The second-order valence-corrected chi connectivity index (χ2v) is 2.02. The van der Waals surface area contributed by atoms with E-state index in [0.29, 0.717) is 0 Å². The van der Waals surface area contributed by atoms with Gasteiger partial charge in [-0.15, -0.1) is 3.74 Å². The van der Waals surface area contributed by atoms with Crippen LogP contribution in [0.1, 0.15) is 0 Å². The van der Waals surface area contributed by atoms with E-state index in [-0.39, 0.29) is 17.4 Å². The van der Waals surface area contributed by atoms with Gasteiger partial charge in [-0.25, -0.2) is 5.26 Å². The summed E-state index contributed by atoms with van der Waals surface area (Å²) < 4.78 is 24.8. The fraction of sp³-hybridized carbons (Fsp3) is 0. The van der Waals surface area contributed by atoms with Crippen molar-refractivity contribution in [3.05, 3.63) is 0 Å². The highest BCUT2D eigenvalue weighted by atomic mass is 35.5. The molecule has 0 heterocycles. The molecule has 50 valence electrons. The molecule has 0 aromatic heterocycles. The van der Waals surface area contributed by atoms with Crippen LogP contribution in [-0.2, 0) is 18.5 Å². The summed E-state index contributed by atoms with van der Waals surface area (Å²) in [6.45, 7) is 0. The first-order valence-corrected chi connectivity index (χ1v) is 2.65. The van der Waals surface area contributed by atoms with Gasteiger partial charge in [-0.05, 0) is 0 Å². The summed E-state index contributed by atoms with van der Waals surface area (Å²) in [5, 5.41) is 7.30. The maximum Gasteiger partial charge on any atom is 0.442 e. The molecule has 8 heteroatoms. The zero-order chi connectivity index (χ0) is 5.91. The largest absolute Gasteiger partial charge is 0.442 e. The fourth-order valence-corrected chi connectivity index (χ4v) is 0.104. The van der Waals surface area contributed by atoms with Gasteiger partial charge in [0.1, 0.15) is 0 Å². The lowest BCUT2D eigenvalue weighted by atomic mass is 15.0. The molecule has 0 unspecified atom stereocenters. The summed E-state index contributed by atoms with van der Waals surface area (Å²) >= 11 is 4.22. The van der Waals surface area contributed by atoms with Gasteiger partial charge in [0.2, 0.25) is 0 Å². The highest BCUT2D eigenvalue weighted by molar-refractivity contribution is 7.82. The second kappa shape index (κ2) is 4.52. The van der Waals surface area contributed by atoms with Crippen LogP contribution in [0.4, 0.5) is 0 Å². The summed E-state index contributed by atoms with van der Waals surface area (Å²) in [6.07, 6.45) is 0. The molecular formula is H4AlClO5S. The molecule has 0 aromatic carbocycles. The predicted molar refractivity (Wildman–Crippen MR) is 29.5 cm³/mol. The fourth-order valence-electron chi connectivity index (χ4n) is 0.0115. The lowest BCUT2D eigenvalue weighted by Gasteiger charge is -1.85. The van der Waals surface area contributed by atoms with Gasteiger partial charge in [-0.3, -0.25) is 0 Å². The van der Waals surface area contributed by atoms with E-state index in [2.05, 4.69) is 19.9 Å². The standard InChI is InChI=1S/Al.ClHO5S.3H/c;1-5-7(3,4)6-2;;;/h;2H;;;. The first-order valence-electron chi connectivity index (χ1n) is 1.00. The number of hydrogen-bond donors (Lipinski definition) is 1. The maximum absolute atomic E-state index is 9.54. The zero-order valence-corrected chi connectivity index (χ0v) is 4.44. The summed E-state index contributed by atoms with van der Waals surface area (Å²) in [5.41, 5.74) is 0. The molecule has 0 fully saturated rings. The van der Waals surface area contributed by atoms with Gasteiger partial charge in [0.15, 0.2) is 17.4 Å². The first-order chi connectivity index (χ1) is 3.12. The molecule has 0 saturated carbocycles. The number of halogens is 1. The van der Waals surface area contributed by atoms with Crippen molar-refractivity contribution in [2.75, 3.05) is 0 Å². The summed E-state index contributed by atoms with van der Waals surface area (Å²) in [5.74, 6) is 0. The topological polar surface area (TPSA) is 72.8 Å². The van der Waals surface area contributed by atoms with Crippen molar-refractivity contribution in [1.82, 2.24) is 0 Å². The monoisotopic (exact) mass is 178 g/mol. The Labute approximate surface area is 61.7 Å². The van der Waals surface area contributed by atoms with E-state index in [0.717, 1.165) is 0 Å². The number of hydrogen-bond acceptors (Lipinski definition) is 5. The van der Waals surface area contributed by atoms with Crippen molar-refractivity contribution in [2.45, 2.75) is 0 Å². The van der Waals surface area contributed by atoms with E-state index in [1.807, 2.05) is 0 Å². The number of rotatable bonds is 2. The van der Waals surface area contributed by atoms with Crippen molar-refractivity contribution >= 4 is 39.6 Å². The van der Waals surface area contributed by atoms with Crippen LogP contribution in [0.25, 0.3) is 0 Å². The van der Waals surface area contributed by atoms with E-state index in [9.17, 15) is 8.42 Å². The molecule has 0 saturated heterocycles. The molecular weight excluding hydrogens is 174 g/mol. The minimum absolute atomic E-state index is 0. The Morgan fingerprint density at radius 1 is 1.50 bits per heavy atom. The molecule has 0 aromatic rings. The summed E-state index contributed by atoms with van der Waals surface area (Å²) in [4.78, 5) is 0. The Bertz CT molecular complexity index is 115. The molecule has 8 heavy (non-hydrogen) atoms. The summed E-state index contributed by atoms with van der Waals surface area (Å²) in [6, 6.07) is 0. The Balaban J connectivity index is 0. The van der Waals surface area contributed by atoms with Gasteiger partial charge in [-0.2, -0.15) is 8.42 Å². The van der Waals surface area contributed by atoms with Crippen LogP contribution in [0, 0.1) is 0 Å². The van der Waals surface area contributed by atoms with Crippen molar-refractivity contribution in [2.24, 2.45) is 0 Å². The smallest absolute Gasteiger partial charge is 0.233 e. The average molecular weight is 179 g/mol. The van der Waals surface area contributed by atoms with Crippen LogP contribution < -0.4 is 0 Å². The van der Waals surface area contributed by atoms with Gasteiger partial charge in [0, 0.05) is 0 Å². The van der Waals surface area contributed by atoms with Crippen LogP contribution in [-0.4, -0.2) is 31.0 Å². The van der Waals surface area contributed by atoms with Gasteiger partial charge in [0.25, 0.3) is 0 Å². The molecule has 0 aliphatic heterocycles. The average Bonchev–Trinajstić information content (AvgIpc) is 1.68. The van der Waals surface area contributed by atoms with Gasteiger partial charge in [-0.1, -0.05) is 4.33 Å². The van der Waals surface area contributed by atoms with E-state index in [1.165, 1.54) is 0 Å². The lowest BCUT2D eigenvalue weighted by Crippen LogP contribution is -1.99. The third-order valence-electron chi connectivity index (χ3n) is 0.168. The van der Waals surface area contributed by atoms with Gasteiger partial charge >= 0.3 is 10.4 Å². The SMILES string of the molecule is O=S(=O)(OO)OCl.[AlH3]. The van der Waals surface area contributed by atoms with Crippen LogP contribution in [0.3, 0.4) is 0 Å². The van der Waals surface area contributed by atoms with Crippen molar-refractivity contribution in [1.29, 1.82) is 0 Å².